The molecule has 0 aliphatic heterocycles. The van der Waals surface area contributed by atoms with Crippen molar-refractivity contribution in [3.05, 3.63) is 39.5 Å². The van der Waals surface area contributed by atoms with Crippen LogP contribution in [-0.4, -0.2) is 93.8 Å². The fourth-order valence-corrected chi connectivity index (χ4v) is 5.68. The second-order valence-electron chi connectivity index (χ2n) is 10.2. The Morgan fingerprint density at radius 3 is 2.70 bits per heavy atom. The lowest BCUT2D eigenvalue weighted by atomic mass is 10.0. The van der Waals surface area contributed by atoms with Crippen LogP contribution in [0, 0.1) is 11.8 Å². The number of aliphatic hydroxyl groups excluding tert-OH is 3. The van der Waals surface area contributed by atoms with E-state index in [1.54, 1.807) is 16.6 Å². The summed E-state index contributed by atoms with van der Waals surface area (Å²) in [7, 11) is -5.13. The summed E-state index contributed by atoms with van der Waals surface area (Å²) in [6.45, 7) is -1.94. The van der Waals surface area contributed by atoms with E-state index in [1.807, 2.05) is 0 Å². The quantitative estimate of drug-likeness (QED) is 0.125. The van der Waals surface area contributed by atoms with E-state index >= 15 is 0 Å². The van der Waals surface area contributed by atoms with Gasteiger partial charge in [-0.3, -0.25) is 14.1 Å². The van der Waals surface area contributed by atoms with Gasteiger partial charge in [-0.25, -0.2) is 9.31 Å². The zero-order valence-corrected chi connectivity index (χ0v) is 22.7. The summed E-state index contributed by atoms with van der Waals surface area (Å²) in [5.74, 6) is -1.11. The first-order chi connectivity index (χ1) is 19.0. The van der Waals surface area contributed by atoms with Crippen LogP contribution >= 0.6 is 19.2 Å². The van der Waals surface area contributed by atoms with Crippen molar-refractivity contribution in [2.24, 2.45) is 11.8 Å². The van der Waals surface area contributed by atoms with Crippen LogP contribution in [0.2, 0.25) is 5.28 Å². The highest BCUT2D eigenvalue weighted by atomic mass is 35.5. The third kappa shape index (κ3) is 5.95. The molecule has 220 valence electrons. The summed E-state index contributed by atoms with van der Waals surface area (Å²) in [5, 5.41) is 40.1. The van der Waals surface area contributed by atoms with Crippen molar-refractivity contribution in [1.29, 1.82) is 0 Å². The Hall–Kier alpha value is -2.40. The number of H-pyrrole nitrogens is 1. The summed E-state index contributed by atoms with van der Waals surface area (Å²) in [5.41, 5.74) is 1.21. The van der Waals surface area contributed by atoms with Gasteiger partial charge in [0.25, 0.3) is 0 Å². The van der Waals surface area contributed by atoms with Crippen molar-refractivity contribution in [2.75, 3.05) is 31.7 Å². The summed E-state index contributed by atoms with van der Waals surface area (Å²) in [6.07, 6.45) is -0.0854. The Balaban J connectivity index is 1.30. The lowest BCUT2D eigenvalue weighted by Crippen LogP contribution is -2.43. The highest BCUT2D eigenvalue weighted by Crippen LogP contribution is 2.52. The number of nitrogens with one attached hydrogen (secondary N) is 2. The van der Waals surface area contributed by atoms with Crippen LogP contribution in [-0.2, 0) is 20.6 Å². The van der Waals surface area contributed by atoms with Crippen LogP contribution in [0.1, 0.15) is 36.7 Å². The number of ether oxygens (including phenoxy) is 2. The highest BCUT2D eigenvalue weighted by molar-refractivity contribution is 7.53. The van der Waals surface area contributed by atoms with E-state index in [9.17, 15) is 34.5 Å². The molecule has 0 amide bonds. The molecule has 5 rings (SSSR count). The molecular weight excluding hydrogens is 575 g/mol. The second kappa shape index (κ2) is 11.5. The van der Waals surface area contributed by atoms with Gasteiger partial charge in [0.05, 0.1) is 32.0 Å². The van der Waals surface area contributed by atoms with Crippen LogP contribution in [0.5, 0.6) is 0 Å². The molecular formula is C22H30ClN6O10P. The largest absolute Gasteiger partial charge is 0.438 e. The molecule has 3 aromatic rings. The molecule has 2 fully saturated rings. The Bertz CT molecular complexity index is 1440. The molecule has 0 unspecified atom stereocenters. The molecule has 0 aromatic carbocycles. The van der Waals surface area contributed by atoms with Crippen molar-refractivity contribution < 1.29 is 43.7 Å². The zero-order valence-electron chi connectivity index (χ0n) is 21.1. The van der Waals surface area contributed by atoms with E-state index in [2.05, 4.69) is 30.1 Å². The summed E-state index contributed by atoms with van der Waals surface area (Å²) >= 11 is 6.17. The Kier molecular flexibility index (Phi) is 8.34. The molecule has 3 aromatic heterocycles. The molecule has 3 heterocycles. The number of aromatic amines is 1. The average molecular weight is 605 g/mol. The maximum atomic E-state index is 12.3. The molecule has 2 aliphatic rings. The zero-order chi connectivity index (χ0) is 28.7. The van der Waals surface area contributed by atoms with Gasteiger partial charge >= 0.3 is 13.4 Å². The third-order valence-electron chi connectivity index (χ3n) is 7.35. The molecule has 0 saturated heterocycles. The van der Waals surface area contributed by atoms with Crippen LogP contribution < -0.4 is 11.1 Å². The van der Waals surface area contributed by atoms with E-state index < -0.39 is 62.6 Å². The standard InChI is InChI=1S/C22H30ClN6O10P/c23-20-26-19(24-6-11-1-2-11)15-4-3-14(29(15)27-20)13-5-12(17(31)18(13)32)7-38-22(9-30,40(34,35)36)10-37-8-16-25-21(33)39-28-16/h3-4,11-13,17-18,30-32H,1-2,5-10H2,(H,24,26,27)(H,25,28,33)(H2,34,35,36)/t12-,13+,17-,18+,22+/m1/s1. The first-order valence-corrected chi connectivity index (χ1v) is 14.6. The minimum absolute atomic E-state index is 0.000217. The van der Waals surface area contributed by atoms with E-state index in [4.69, 9.17) is 21.1 Å². The Morgan fingerprint density at radius 2 is 2.05 bits per heavy atom. The molecule has 2 aliphatic carbocycles. The average Bonchev–Trinajstić information content (AvgIpc) is 3.40. The highest BCUT2D eigenvalue weighted by Gasteiger charge is 2.51. The Labute approximate surface area is 231 Å². The smallest absolute Gasteiger partial charge is 0.393 e. The summed E-state index contributed by atoms with van der Waals surface area (Å²) in [4.78, 5) is 37.5. The van der Waals surface area contributed by atoms with Gasteiger partial charge < -0.3 is 39.9 Å². The molecule has 40 heavy (non-hydrogen) atoms. The number of aromatic nitrogens is 5. The Morgan fingerprint density at radius 1 is 1.27 bits per heavy atom. The third-order valence-corrected chi connectivity index (χ3v) is 8.97. The van der Waals surface area contributed by atoms with E-state index in [0.717, 1.165) is 19.4 Å². The number of nitrogens with zero attached hydrogens (tertiary/aromatic N) is 4. The molecule has 0 bridgehead atoms. The number of rotatable bonds is 13. The topological polar surface area (TPSA) is 238 Å². The van der Waals surface area contributed by atoms with E-state index in [-0.39, 0.29) is 24.1 Å². The lowest BCUT2D eigenvalue weighted by molar-refractivity contribution is -0.108. The van der Waals surface area contributed by atoms with Gasteiger partial charge in [0, 0.05) is 24.1 Å². The minimum atomic E-state index is -5.13. The number of fused-ring (bicyclic) bond motifs is 1. The van der Waals surface area contributed by atoms with Gasteiger partial charge in [-0.2, -0.15) is 4.98 Å². The first kappa shape index (κ1) is 29.1. The minimum Gasteiger partial charge on any atom is -0.393 e. The predicted molar refractivity (Wildman–Crippen MR) is 137 cm³/mol. The lowest BCUT2D eigenvalue weighted by Gasteiger charge is -2.33. The molecule has 0 spiro atoms. The predicted octanol–water partition coefficient (Wildman–Crippen LogP) is -0.194. The van der Waals surface area contributed by atoms with Crippen molar-refractivity contribution in [3.63, 3.8) is 0 Å². The van der Waals surface area contributed by atoms with Crippen molar-refractivity contribution in [3.8, 4) is 0 Å². The number of anilines is 1. The second-order valence-corrected chi connectivity index (χ2v) is 12.4. The number of hydrogen-bond acceptors (Lipinski definition) is 12. The SMILES string of the molecule is O=c1[nH]c(COC[C@@](CO)(OC[C@H]2C[C@@H](c3ccc4c(NCC5CC5)nc(Cl)nn34)[C@H](O)[C@@H]2O)P(=O)(O)O)no1. The fourth-order valence-electron chi connectivity index (χ4n) is 4.83. The van der Waals surface area contributed by atoms with Gasteiger partial charge in [0.1, 0.15) is 12.1 Å². The van der Waals surface area contributed by atoms with Gasteiger partial charge in [0.2, 0.25) is 10.6 Å². The van der Waals surface area contributed by atoms with E-state index in [1.165, 1.54) is 0 Å². The maximum absolute atomic E-state index is 12.3. The van der Waals surface area contributed by atoms with Gasteiger partial charge in [0.15, 0.2) is 11.6 Å². The van der Waals surface area contributed by atoms with Crippen LogP contribution in [0.25, 0.3) is 5.52 Å². The molecule has 18 heteroatoms. The number of aliphatic hydroxyl groups is 3. The molecule has 16 nitrogen and oxygen atoms in total. The van der Waals surface area contributed by atoms with Crippen LogP contribution in [0.4, 0.5) is 5.82 Å². The van der Waals surface area contributed by atoms with Crippen molar-refractivity contribution in [1.82, 2.24) is 24.7 Å². The van der Waals surface area contributed by atoms with Gasteiger partial charge in [-0.1, -0.05) is 5.16 Å². The monoisotopic (exact) mass is 604 g/mol. The number of halogens is 1. The normalized spacial score (nSPS) is 24.9. The number of hydrogen-bond donors (Lipinski definition) is 7. The van der Waals surface area contributed by atoms with Gasteiger partial charge in [-0.15, -0.1) is 5.10 Å². The maximum Gasteiger partial charge on any atom is 0.438 e. The van der Waals surface area contributed by atoms with Crippen molar-refractivity contribution >= 4 is 30.5 Å². The van der Waals surface area contributed by atoms with Crippen LogP contribution in [0.3, 0.4) is 0 Å². The van der Waals surface area contributed by atoms with Crippen LogP contribution in [0.15, 0.2) is 21.5 Å². The summed E-state index contributed by atoms with van der Waals surface area (Å²) in [6, 6.07) is 3.54. The molecule has 5 atom stereocenters. The molecule has 0 radical (unpaired) electrons. The first-order valence-electron chi connectivity index (χ1n) is 12.6. The molecule has 7 N–H and O–H groups in total. The molecule has 2 saturated carbocycles. The fraction of sp³-hybridized carbons (Fsp3) is 0.636. The summed E-state index contributed by atoms with van der Waals surface area (Å²) < 4.78 is 29.0. The van der Waals surface area contributed by atoms with Crippen molar-refractivity contribution in [2.45, 2.75) is 49.3 Å². The van der Waals surface area contributed by atoms with Gasteiger partial charge in [-0.05, 0) is 48.9 Å². The van der Waals surface area contributed by atoms with E-state index in [0.29, 0.717) is 22.9 Å².